The summed E-state index contributed by atoms with van der Waals surface area (Å²) in [6.45, 7) is -0.740. The number of nitrogens with zero attached hydrogens (tertiary/aromatic N) is 2. The number of amides is 2. The zero-order chi connectivity index (χ0) is 26.3. The minimum atomic E-state index is -3.98. The molecule has 0 aliphatic rings. The van der Waals surface area contributed by atoms with Crippen LogP contribution < -0.4 is 9.62 Å². The number of likely N-dealkylation sites (N-methyl/N-ethyl adjacent to an activating group) is 1. The van der Waals surface area contributed by atoms with E-state index in [0.717, 1.165) is 28.3 Å². The minimum Gasteiger partial charge on any atom is -0.357 e. The second-order valence-electron chi connectivity index (χ2n) is 8.22. The van der Waals surface area contributed by atoms with E-state index in [2.05, 4.69) is 5.32 Å². The van der Waals surface area contributed by atoms with Gasteiger partial charge in [-0.1, -0.05) is 48.5 Å². The maximum atomic E-state index is 13.9. The first kappa shape index (κ1) is 26.8. The molecule has 0 saturated carbocycles. The summed E-state index contributed by atoms with van der Waals surface area (Å²) in [4.78, 5) is 27.9. The first-order valence-corrected chi connectivity index (χ1v) is 13.0. The molecule has 1 atom stereocenters. The van der Waals surface area contributed by atoms with Crippen molar-refractivity contribution in [1.29, 1.82) is 0 Å². The van der Waals surface area contributed by atoms with Crippen molar-refractivity contribution in [2.24, 2.45) is 0 Å². The van der Waals surface area contributed by atoms with E-state index in [1.807, 2.05) is 18.2 Å². The molecule has 7 nitrogen and oxygen atoms in total. The molecule has 0 unspecified atom stereocenters. The lowest BCUT2D eigenvalue weighted by Gasteiger charge is -2.33. The third-order valence-corrected chi connectivity index (χ3v) is 6.70. The van der Waals surface area contributed by atoms with E-state index in [0.29, 0.717) is 5.56 Å². The Morgan fingerprint density at radius 1 is 0.889 bits per heavy atom. The molecule has 0 aliphatic heterocycles. The van der Waals surface area contributed by atoms with Crippen LogP contribution in [-0.2, 0) is 32.6 Å². The predicted molar refractivity (Wildman–Crippen MR) is 134 cm³/mol. The lowest BCUT2D eigenvalue weighted by molar-refractivity contribution is -0.139. The number of nitrogens with one attached hydrogen (secondary N) is 1. The summed E-state index contributed by atoms with van der Waals surface area (Å²) in [5.74, 6) is -2.26. The van der Waals surface area contributed by atoms with Crippen molar-refractivity contribution in [3.8, 4) is 0 Å². The van der Waals surface area contributed by atoms with Crippen molar-refractivity contribution in [2.45, 2.75) is 19.0 Å². The lowest BCUT2D eigenvalue weighted by Crippen LogP contribution is -2.52. The van der Waals surface area contributed by atoms with Crippen LogP contribution in [-0.4, -0.2) is 51.0 Å². The molecular formula is C26H27F2N3O4S. The highest BCUT2D eigenvalue weighted by molar-refractivity contribution is 7.92. The first-order valence-electron chi connectivity index (χ1n) is 11.1. The number of hydrogen-bond donors (Lipinski definition) is 1. The van der Waals surface area contributed by atoms with Gasteiger partial charge in [-0.05, 0) is 41.5 Å². The van der Waals surface area contributed by atoms with Crippen molar-refractivity contribution < 1.29 is 26.8 Å². The molecule has 0 aliphatic carbocycles. The van der Waals surface area contributed by atoms with E-state index in [4.69, 9.17) is 0 Å². The van der Waals surface area contributed by atoms with E-state index >= 15 is 0 Å². The molecule has 0 heterocycles. The predicted octanol–water partition coefficient (Wildman–Crippen LogP) is 3.12. The van der Waals surface area contributed by atoms with Crippen LogP contribution in [0.15, 0.2) is 78.9 Å². The molecule has 1 N–H and O–H groups in total. The van der Waals surface area contributed by atoms with Crippen molar-refractivity contribution in [3.05, 3.63) is 102 Å². The zero-order valence-corrected chi connectivity index (χ0v) is 20.7. The Morgan fingerprint density at radius 3 is 2.14 bits per heavy atom. The maximum Gasteiger partial charge on any atom is 0.244 e. The van der Waals surface area contributed by atoms with E-state index in [-0.39, 0.29) is 18.7 Å². The van der Waals surface area contributed by atoms with Gasteiger partial charge in [0.25, 0.3) is 0 Å². The average Bonchev–Trinajstić information content (AvgIpc) is 2.85. The van der Waals surface area contributed by atoms with Crippen LogP contribution in [0.5, 0.6) is 0 Å². The van der Waals surface area contributed by atoms with Gasteiger partial charge in [0.1, 0.15) is 24.2 Å². The number of benzene rings is 3. The summed E-state index contributed by atoms with van der Waals surface area (Å²) in [7, 11) is -2.54. The molecular weight excluding hydrogens is 488 g/mol. The van der Waals surface area contributed by atoms with Crippen molar-refractivity contribution in [1.82, 2.24) is 10.2 Å². The summed E-state index contributed by atoms with van der Waals surface area (Å²) in [6.07, 6.45) is 1.07. The zero-order valence-electron chi connectivity index (χ0n) is 19.9. The second-order valence-corrected chi connectivity index (χ2v) is 10.1. The highest BCUT2D eigenvalue weighted by atomic mass is 32.2. The number of rotatable bonds is 10. The molecule has 0 radical (unpaired) electrons. The van der Waals surface area contributed by atoms with Crippen LogP contribution in [0.1, 0.15) is 11.1 Å². The third-order valence-electron chi connectivity index (χ3n) is 5.56. The fourth-order valence-corrected chi connectivity index (χ4v) is 4.59. The fraction of sp³-hybridized carbons (Fsp3) is 0.231. The van der Waals surface area contributed by atoms with Crippen LogP contribution in [0.2, 0.25) is 0 Å². The molecule has 3 rings (SSSR count). The van der Waals surface area contributed by atoms with Gasteiger partial charge in [0.05, 0.1) is 11.9 Å². The molecule has 0 fully saturated rings. The standard InChI is InChI=1S/C26H27F2N3O4S/c1-29-26(33)24(15-19-7-4-3-5-8-19)30(17-20-11-13-21(27)14-12-20)25(32)18-31(36(2,34)35)23-10-6-9-22(28)16-23/h3-14,16,24H,15,17-18H2,1-2H3,(H,29,33)/t24-/m0/s1. The van der Waals surface area contributed by atoms with Crippen molar-refractivity contribution in [2.75, 3.05) is 24.2 Å². The van der Waals surface area contributed by atoms with Crippen LogP contribution in [0.3, 0.4) is 0 Å². The molecule has 0 aromatic heterocycles. The lowest BCUT2D eigenvalue weighted by atomic mass is 10.0. The second kappa shape index (κ2) is 11.8. The third kappa shape index (κ3) is 7.11. The molecule has 2 amide bonds. The Labute approximate surface area is 209 Å². The van der Waals surface area contributed by atoms with Gasteiger partial charge in [-0.3, -0.25) is 13.9 Å². The summed E-state index contributed by atoms with van der Waals surface area (Å²) in [5.41, 5.74) is 1.31. The Balaban J connectivity index is 2.01. The average molecular weight is 516 g/mol. The van der Waals surface area contributed by atoms with Gasteiger partial charge in [0.2, 0.25) is 21.8 Å². The SMILES string of the molecule is CNC(=O)[C@H](Cc1ccccc1)N(Cc1ccc(F)cc1)C(=O)CN(c1cccc(F)c1)S(C)(=O)=O. The quantitative estimate of drug-likeness (QED) is 0.450. The van der Waals surface area contributed by atoms with Gasteiger partial charge >= 0.3 is 0 Å². The molecule has 3 aromatic carbocycles. The number of hydrogen-bond acceptors (Lipinski definition) is 4. The smallest absolute Gasteiger partial charge is 0.244 e. The van der Waals surface area contributed by atoms with Crippen LogP contribution in [0, 0.1) is 11.6 Å². The summed E-state index contributed by atoms with van der Waals surface area (Å²) < 4.78 is 53.3. The number of carbonyl (C=O) groups is 2. The van der Waals surface area contributed by atoms with Gasteiger partial charge in [-0.2, -0.15) is 0 Å². The Bertz CT molecular complexity index is 1300. The first-order chi connectivity index (χ1) is 17.1. The maximum absolute atomic E-state index is 13.9. The van der Waals surface area contributed by atoms with E-state index in [1.54, 1.807) is 12.1 Å². The molecule has 36 heavy (non-hydrogen) atoms. The van der Waals surface area contributed by atoms with Crippen molar-refractivity contribution in [3.63, 3.8) is 0 Å². The number of halogens is 2. The summed E-state index contributed by atoms with van der Waals surface area (Å²) in [5, 5.41) is 2.56. The van der Waals surface area contributed by atoms with E-state index in [1.165, 1.54) is 48.3 Å². The molecule has 190 valence electrons. The molecule has 0 saturated heterocycles. The topological polar surface area (TPSA) is 86.8 Å². The molecule has 10 heteroatoms. The van der Waals surface area contributed by atoms with Gasteiger partial charge in [-0.15, -0.1) is 0 Å². The van der Waals surface area contributed by atoms with Gasteiger partial charge in [-0.25, -0.2) is 17.2 Å². The van der Waals surface area contributed by atoms with E-state index in [9.17, 15) is 26.8 Å². The molecule has 3 aromatic rings. The Morgan fingerprint density at radius 2 is 1.56 bits per heavy atom. The van der Waals surface area contributed by atoms with Crippen LogP contribution >= 0.6 is 0 Å². The largest absolute Gasteiger partial charge is 0.357 e. The summed E-state index contributed by atoms with van der Waals surface area (Å²) in [6, 6.07) is 18.4. The molecule has 0 bridgehead atoms. The minimum absolute atomic E-state index is 0.0212. The summed E-state index contributed by atoms with van der Waals surface area (Å²) >= 11 is 0. The van der Waals surface area contributed by atoms with Gasteiger partial charge < -0.3 is 10.2 Å². The Hall–Kier alpha value is -3.79. The monoisotopic (exact) mass is 515 g/mol. The number of anilines is 1. The molecule has 0 spiro atoms. The highest BCUT2D eigenvalue weighted by Gasteiger charge is 2.32. The normalized spacial score (nSPS) is 12.0. The fourth-order valence-electron chi connectivity index (χ4n) is 3.75. The Kier molecular flexibility index (Phi) is 8.76. The van der Waals surface area contributed by atoms with Crippen molar-refractivity contribution >= 4 is 27.5 Å². The van der Waals surface area contributed by atoms with Gasteiger partial charge in [0, 0.05) is 20.0 Å². The van der Waals surface area contributed by atoms with Gasteiger partial charge in [0.15, 0.2) is 0 Å². The van der Waals surface area contributed by atoms with E-state index < -0.39 is 46.1 Å². The number of sulfonamides is 1. The highest BCUT2D eigenvalue weighted by Crippen LogP contribution is 2.21. The van der Waals surface area contributed by atoms with Crippen LogP contribution in [0.25, 0.3) is 0 Å². The number of carbonyl (C=O) groups excluding carboxylic acids is 2. The van der Waals surface area contributed by atoms with Crippen LogP contribution in [0.4, 0.5) is 14.5 Å².